The van der Waals surface area contributed by atoms with Crippen LogP contribution in [0.1, 0.15) is 19.3 Å². The minimum Gasteiger partial charge on any atom is -0.495 e. The standard InChI is InChI=1S/C16H23ClN2O5S/c1-23-14-10-13(15(24-2)9-12(14)17)19(25(3,21)22)8-7-18-16(20)11-5-4-6-11/h9-11H,4-8H2,1-3H3,(H,18,20). The van der Waals surface area contributed by atoms with E-state index in [1.165, 1.54) is 30.7 Å². The molecule has 0 radical (unpaired) electrons. The average molecular weight is 391 g/mol. The van der Waals surface area contributed by atoms with Crippen LogP contribution in [0.15, 0.2) is 12.1 Å². The Balaban J connectivity index is 2.21. The van der Waals surface area contributed by atoms with Crippen LogP contribution in [0, 0.1) is 5.92 Å². The van der Waals surface area contributed by atoms with E-state index in [0.717, 1.165) is 25.5 Å². The first kappa shape index (κ1) is 19.7. The van der Waals surface area contributed by atoms with Gasteiger partial charge < -0.3 is 14.8 Å². The van der Waals surface area contributed by atoms with Gasteiger partial charge >= 0.3 is 0 Å². The molecule has 1 aliphatic carbocycles. The zero-order chi connectivity index (χ0) is 18.6. The third-order valence-electron chi connectivity index (χ3n) is 4.21. The summed E-state index contributed by atoms with van der Waals surface area (Å²) in [5.41, 5.74) is 0.309. The third-order valence-corrected chi connectivity index (χ3v) is 5.69. The molecule has 1 aromatic rings. The van der Waals surface area contributed by atoms with Crippen LogP contribution in [0.4, 0.5) is 5.69 Å². The van der Waals surface area contributed by atoms with Crippen LogP contribution in [0.25, 0.3) is 0 Å². The highest BCUT2D eigenvalue weighted by Crippen LogP contribution is 2.38. The van der Waals surface area contributed by atoms with Crippen molar-refractivity contribution in [2.75, 3.05) is 37.9 Å². The van der Waals surface area contributed by atoms with E-state index in [9.17, 15) is 13.2 Å². The van der Waals surface area contributed by atoms with Crippen LogP contribution < -0.4 is 19.1 Å². The molecule has 9 heteroatoms. The molecule has 0 aliphatic heterocycles. The molecule has 7 nitrogen and oxygen atoms in total. The second-order valence-electron chi connectivity index (χ2n) is 5.91. The Bertz CT molecular complexity index is 734. The average Bonchev–Trinajstić information content (AvgIpc) is 2.48. The van der Waals surface area contributed by atoms with Gasteiger partial charge in [0.1, 0.15) is 11.5 Å². The highest BCUT2D eigenvalue weighted by molar-refractivity contribution is 7.92. The van der Waals surface area contributed by atoms with Crippen molar-refractivity contribution in [3.63, 3.8) is 0 Å². The van der Waals surface area contributed by atoms with Gasteiger partial charge in [0.25, 0.3) is 0 Å². The lowest BCUT2D eigenvalue weighted by Crippen LogP contribution is -2.41. The topological polar surface area (TPSA) is 84.9 Å². The van der Waals surface area contributed by atoms with Crippen molar-refractivity contribution >= 4 is 33.2 Å². The zero-order valence-corrected chi connectivity index (χ0v) is 16.1. The highest BCUT2D eigenvalue weighted by Gasteiger charge is 2.26. The molecule has 0 aromatic heterocycles. The lowest BCUT2D eigenvalue weighted by molar-refractivity contribution is -0.127. The van der Waals surface area contributed by atoms with Gasteiger partial charge in [-0.2, -0.15) is 0 Å². The van der Waals surface area contributed by atoms with E-state index in [1.54, 1.807) is 0 Å². The maximum Gasteiger partial charge on any atom is 0.232 e. The number of hydrogen-bond acceptors (Lipinski definition) is 5. The number of nitrogens with one attached hydrogen (secondary N) is 1. The first-order valence-electron chi connectivity index (χ1n) is 7.95. The van der Waals surface area contributed by atoms with E-state index in [0.29, 0.717) is 22.2 Å². The number of sulfonamides is 1. The number of rotatable bonds is 8. The fourth-order valence-electron chi connectivity index (χ4n) is 2.60. The first-order chi connectivity index (χ1) is 11.8. The molecule has 0 heterocycles. The Morgan fingerprint density at radius 3 is 2.40 bits per heavy atom. The number of carbonyl (C=O) groups is 1. The number of halogens is 1. The molecule has 1 aliphatic rings. The molecule has 1 amide bonds. The first-order valence-corrected chi connectivity index (χ1v) is 10.2. The lowest BCUT2D eigenvalue weighted by Gasteiger charge is -2.27. The second-order valence-corrected chi connectivity index (χ2v) is 8.23. The summed E-state index contributed by atoms with van der Waals surface area (Å²) in [6.07, 6.45) is 3.95. The summed E-state index contributed by atoms with van der Waals surface area (Å²) < 4.78 is 36.1. The zero-order valence-electron chi connectivity index (χ0n) is 14.5. The summed E-state index contributed by atoms with van der Waals surface area (Å²) in [4.78, 5) is 11.9. The molecular weight excluding hydrogens is 368 g/mol. The summed E-state index contributed by atoms with van der Waals surface area (Å²) in [6, 6.07) is 3.01. The fourth-order valence-corrected chi connectivity index (χ4v) is 3.75. The maximum atomic E-state index is 12.2. The largest absolute Gasteiger partial charge is 0.495 e. The smallest absolute Gasteiger partial charge is 0.232 e. The maximum absolute atomic E-state index is 12.2. The number of methoxy groups -OCH3 is 2. The highest BCUT2D eigenvalue weighted by atomic mass is 35.5. The second kappa shape index (κ2) is 8.14. The van der Waals surface area contributed by atoms with Gasteiger partial charge in [0, 0.05) is 24.6 Å². The van der Waals surface area contributed by atoms with Gasteiger partial charge in [-0.15, -0.1) is 0 Å². The summed E-state index contributed by atoms with van der Waals surface area (Å²) in [6.45, 7) is 0.287. The number of amides is 1. The summed E-state index contributed by atoms with van der Waals surface area (Å²) in [7, 11) is -0.718. The van der Waals surface area contributed by atoms with Crippen LogP contribution in [-0.4, -0.2) is 47.9 Å². The molecule has 2 rings (SSSR count). The predicted octanol–water partition coefficient (Wildman–Crippen LogP) is 2.04. The Labute approximate surface area is 153 Å². The molecule has 0 bridgehead atoms. The van der Waals surface area contributed by atoms with Crippen LogP contribution in [0.2, 0.25) is 5.02 Å². The van der Waals surface area contributed by atoms with Gasteiger partial charge in [-0.05, 0) is 12.8 Å². The molecule has 1 aromatic carbocycles. The minimum absolute atomic E-state index is 0.0275. The molecule has 140 valence electrons. The van der Waals surface area contributed by atoms with Crippen molar-refractivity contribution in [3.05, 3.63) is 17.2 Å². The van der Waals surface area contributed by atoms with E-state index in [-0.39, 0.29) is 24.9 Å². The molecule has 25 heavy (non-hydrogen) atoms. The molecule has 0 atom stereocenters. The molecule has 1 N–H and O–H groups in total. The third kappa shape index (κ3) is 4.70. The number of carbonyl (C=O) groups excluding carboxylic acids is 1. The van der Waals surface area contributed by atoms with Gasteiger partial charge in [-0.3, -0.25) is 9.10 Å². The van der Waals surface area contributed by atoms with Crippen molar-refractivity contribution in [2.24, 2.45) is 5.92 Å². The summed E-state index contributed by atoms with van der Waals surface area (Å²) in [5.74, 6) is 0.670. The molecule has 1 fully saturated rings. The van der Waals surface area contributed by atoms with Crippen molar-refractivity contribution in [1.29, 1.82) is 0 Å². The van der Waals surface area contributed by atoms with Crippen LogP contribution in [0.5, 0.6) is 11.5 Å². The van der Waals surface area contributed by atoms with E-state index < -0.39 is 10.0 Å². The molecule has 1 saturated carbocycles. The van der Waals surface area contributed by atoms with Crippen LogP contribution in [0.3, 0.4) is 0 Å². The number of nitrogens with zero attached hydrogens (tertiary/aromatic N) is 1. The van der Waals surface area contributed by atoms with Gasteiger partial charge in [0.05, 0.1) is 37.7 Å². The number of ether oxygens (including phenoxy) is 2. The van der Waals surface area contributed by atoms with Gasteiger partial charge in [-0.25, -0.2) is 8.42 Å². The van der Waals surface area contributed by atoms with Crippen molar-refractivity contribution < 1.29 is 22.7 Å². The monoisotopic (exact) mass is 390 g/mol. The summed E-state index contributed by atoms with van der Waals surface area (Å²) in [5, 5.41) is 3.11. The Morgan fingerprint density at radius 2 is 1.92 bits per heavy atom. The molecular formula is C16H23ClN2O5S. The molecule has 0 unspecified atom stereocenters. The molecule has 0 spiro atoms. The minimum atomic E-state index is -3.59. The molecule has 0 saturated heterocycles. The van der Waals surface area contributed by atoms with Gasteiger partial charge in [-0.1, -0.05) is 18.0 Å². The van der Waals surface area contributed by atoms with E-state index in [1.807, 2.05) is 0 Å². The Kier molecular flexibility index (Phi) is 6.40. The Morgan fingerprint density at radius 1 is 1.28 bits per heavy atom. The van der Waals surface area contributed by atoms with Crippen molar-refractivity contribution in [2.45, 2.75) is 19.3 Å². The van der Waals surface area contributed by atoms with E-state index in [2.05, 4.69) is 5.32 Å². The SMILES string of the molecule is COc1cc(N(CCNC(=O)C2CCC2)S(C)(=O)=O)c(OC)cc1Cl. The van der Waals surface area contributed by atoms with Crippen molar-refractivity contribution in [3.8, 4) is 11.5 Å². The van der Waals surface area contributed by atoms with Crippen molar-refractivity contribution in [1.82, 2.24) is 5.32 Å². The van der Waals surface area contributed by atoms with E-state index >= 15 is 0 Å². The summed E-state index contributed by atoms with van der Waals surface area (Å²) >= 11 is 6.07. The van der Waals surface area contributed by atoms with Crippen LogP contribution >= 0.6 is 11.6 Å². The number of benzene rings is 1. The van der Waals surface area contributed by atoms with Crippen LogP contribution in [-0.2, 0) is 14.8 Å². The van der Waals surface area contributed by atoms with Gasteiger partial charge in [0.15, 0.2) is 0 Å². The van der Waals surface area contributed by atoms with Gasteiger partial charge in [0.2, 0.25) is 15.9 Å². The lowest BCUT2D eigenvalue weighted by atomic mass is 9.85. The normalized spacial score (nSPS) is 14.6. The quantitative estimate of drug-likeness (QED) is 0.734. The Hall–Kier alpha value is -1.67. The fraction of sp³-hybridized carbons (Fsp3) is 0.562. The van der Waals surface area contributed by atoms with E-state index in [4.69, 9.17) is 21.1 Å². The predicted molar refractivity (Wildman–Crippen MR) is 97.1 cm³/mol. The number of anilines is 1. The number of hydrogen-bond donors (Lipinski definition) is 1.